The topological polar surface area (TPSA) is 71.2 Å². The average Bonchev–Trinajstić information content (AvgIpc) is 2.75. The monoisotopic (exact) mass is 251 g/mol. The molecule has 0 amide bonds. The predicted molar refractivity (Wildman–Crippen MR) is 62.4 cm³/mol. The molecular formula is C12H14FN3O2. The Balaban J connectivity index is 2.03. The predicted octanol–water partition coefficient (Wildman–Crippen LogP) is 2.07. The first-order valence-electron chi connectivity index (χ1n) is 5.57. The van der Waals surface area contributed by atoms with Crippen molar-refractivity contribution in [3.05, 3.63) is 41.3 Å². The summed E-state index contributed by atoms with van der Waals surface area (Å²) in [4.78, 5) is 4.04. The van der Waals surface area contributed by atoms with Crippen LogP contribution in [0.5, 0.6) is 5.75 Å². The van der Waals surface area contributed by atoms with Gasteiger partial charge in [-0.15, -0.1) is 0 Å². The standard InChI is InChI=1S/C12H14FN3O2/c1-7(10-5-9(13)3-4-11(10)17)14-6-12-15-8(2)18-16-12/h3-5,7,14,17H,6H2,1-2H3. The van der Waals surface area contributed by atoms with Crippen LogP contribution in [-0.4, -0.2) is 15.2 Å². The van der Waals surface area contributed by atoms with Crippen LogP contribution in [0.4, 0.5) is 4.39 Å². The summed E-state index contributed by atoms with van der Waals surface area (Å²) < 4.78 is 17.9. The number of aromatic hydroxyl groups is 1. The highest BCUT2D eigenvalue weighted by atomic mass is 19.1. The maximum Gasteiger partial charge on any atom is 0.223 e. The maximum absolute atomic E-state index is 13.1. The first kappa shape index (κ1) is 12.5. The lowest BCUT2D eigenvalue weighted by atomic mass is 10.1. The van der Waals surface area contributed by atoms with Crippen LogP contribution in [0.1, 0.15) is 30.2 Å². The van der Waals surface area contributed by atoms with Crippen molar-refractivity contribution in [2.45, 2.75) is 26.4 Å². The molecule has 0 saturated heterocycles. The smallest absolute Gasteiger partial charge is 0.223 e. The lowest BCUT2D eigenvalue weighted by Crippen LogP contribution is -2.19. The van der Waals surface area contributed by atoms with E-state index in [0.717, 1.165) is 0 Å². The van der Waals surface area contributed by atoms with Crippen LogP contribution in [0.15, 0.2) is 22.7 Å². The lowest BCUT2D eigenvalue weighted by molar-refractivity contribution is 0.383. The fourth-order valence-electron chi connectivity index (χ4n) is 1.64. The van der Waals surface area contributed by atoms with E-state index in [-0.39, 0.29) is 17.6 Å². The summed E-state index contributed by atoms with van der Waals surface area (Å²) >= 11 is 0. The van der Waals surface area contributed by atoms with Crippen molar-refractivity contribution in [3.8, 4) is 5.75 Å². The van der Waals surface area contributed by atoms with E-state index in [1.54, 1.807) is 6.92 Å². The molecule has 0 radical (unpaired) electrons. The van der Waals surface area contributed by atoms with Gasteiger partial charge in [0.15, 0.2) is 5.82 Å². The van der Waals surface area contributed by atoms with Crippen LogP contribution >= 0.6 is 0 Å². The molecule has 1 aromatic carbocycles. The second-order valence-electron chi connectivity index (χ2n) is 4.04. The molecule has 0 aliphatic heterocycles. The third kappa shape index (κ3) is 2.84. The van der Waals surface area contributed by atoms with Crippen molar-refractivity contribution in [3.63, 3.8) is 0 Å². The number of aromatic nitrogens is 2. The second-order valence-corrected chi connectivity index (χ2v) is 4.04. The fourth-order valence-corrected chi connectivity index (χ4v) is 1.64. The first-order valence-corrected chi connectivity index (χ1v) is 5.57. The van der Waals surface area contributed by atoms with Crippen molar-refractivity contribution in [2.24, 2.45) is 0 Å². The number of rotatable bonds is 4. The third-order valence-corrected chi connectivity index (χ3v) is 2.59. The third-order valence-electron chi connectivity index (χ3n) is 2.59. The Morgan fingerprint density at radius 1 is 1.50 bits per heavy atom. The van der Waals surface area contributed by atoms with E-state index < -0.39 is 0 Å². The van der Waals surface area contributed by atoms with Gasteiger partial charge < -0.3 is 14.9 Å². The molecule has 0 saturated carbocycles. The van der Waals surface area contributed by atoms with Crippen molar-refractivity contribution in [1.82, 2.24) is 15.5 Å². The Hall–Kier alpha value is -1.95. The zero-order chi connectivity index (χ0) is 13.1. The van der Waals surface area contributed by atoms with Gasteiger partial charge in [0.1, 0.15) is 11.6 Å². The minimum Gasteiger partial charge on any atom is -0.508 e. The number of nitrogens with one attached hydrogen (secondary N) is 1. The van der Waals surface area contributed by atoms with Crippen LogP contribution in [0.25, 0.3) is 0 Å². The molecule has 96 valence electrons. The Morgan fingerprint density at radius 3 is 2.94 bits per heavy atom. The Bertz CT molecular complexity index is 542. The number of benzene rings is 1. The summed E-state index contributed by atoms with van der Waals surface area (Å²) in [6.45, 7) is 3.91. The van der Waals surface area contributed by atoms with E-state index >= 15 is 0 Å². The van der Waals surface area contributed by atoms with Crippen LogP contribution in [0, 0.1) is 12.7 Å². The normalized spacial score (nSPS) is 12.6. The Kier molecular flexibility index (Phi) is 3.57. The average molecular weight is 251 g/mol. The number of hydrogen-bond acceptors (Lipinski definition) is 5. The second kappa shape index (κ2) is 5.14. The van der Waals surface area contributed by atoms with Crippen molar-refractivity contribution in [1.29, 1.82) is 0 Å². The van der Waals surface area contributed by atoms with E-state index in [9.17, 15) is 9.50 Å². The van der Waals surface area contributed by atoms with E-state index in [2.05, 4.69) is 15.5 Å². The number of phenolic OH excluding ortho intramolecular Hbond substituents is 1. The van der Waals surface area contributed by atoms with Gasteiger partial charge in [0.25, 0.3) is 0 Å². The van der Waals surface area contributed by atoms with Crippen LogP contribution in [-0.2, 0) is 6.54 Å². The van der Waals surface area contributed by atoms with Gasteiger partial charge in [-0.25, -0.2) is 4.39 Å². The molecule has 2 N–H and O–H groups in total. The Labute approximate surface area is 104 Å². The molecule has 0 aliphatic carbocycles. The SMILES string of the molecule is Cc1nc(CNC(C)c2cc(F)ccc2O)no1. The molecule has 2 aromatic rings. The van der Waals surface area contributed by atoms with E-state index in [0.29, 0.717) is 23.8 Å². The highest BCUT2D eigenvalue weighted by Crippen LogP contribution is 2.24. The lowest BCUT2D eigenvalue weighted by Gasteiger charge is -2.14. The number of aryl methyl sites for hydroxylation is 1. The van der Waals surface area contributed by atoms with Gasteiger partial charge in [-0.1, -0.05) is 5.16 Å². The van der Waals surface area contributed by atoms with Crippen LogP contribution in [0.3, 0.4) is 0 Å². The largest absolute Gasteiger partial charge is 0.508 e. The van der Waals surface area contributed by atoms with E-state index in [1.165, 1.54) is 18.2 Å². The van der Waals surface area contributed by atoms with Crippen molar-refractivity contribution < 1.29 is 14.0 Å². The molecule has 6 heteroatoms. The van der Waals surface area contributed by atoms with E-state index in [1.807, 2.05) is 6.92 Å². The van der Waals surface area contributed by atoms with Crippen molar-refractivity contribution in [2.75, 3.05) is 0 Å². The summed E-state index contributed by atoms with van der Waals surface area (Å²) in [6, 6.07) is 3.63. The molecule has 0 bridgehead atoms. The number of hydrogen-bond donors (Lipinski definition) is 2. The van der Waals surface area contributed by atoms with Crippen LogP contribution < -0.4 is 5.32 Å². The van der Waals surface area contributed by atoms with E-state index in [4.69, 9.17) is 4.52 Å². The number of phenols is 1. The molecule has 1 heterocycles. The Morgan fingerprint density at radius 2 is 2.28 bits per heavy atom. The highest BCUT2D eigenvalue weighted by molar-refractivity contribution is 5.34. The minimum absolute atomic E-state index is 0.0562. The zero-order valence-corrected chi connectivity index (χ0v) is 10.1. The van der Waals surface area contributed by atoms with Crippen molar-refractivity contribution >= 4 is 0 Å². The highest BCUT2D eigenvalue weighted by Gasteiger charge is 2.12. The van der Waals surface area contributed by atoms with Gasteiger partial charge in [-0.3, -0.25) is 0 Å². The maximum atomic E-state index is 13.1. The molecule has 5 nitrogen and oxygen atoms in total. The van der Waals surface area contributed by atoms with Crippen LogP contribution in [0.2, 0.25) is 0 Å². The molecule has 0 spiro atoms. The summed E-state index contributed by atoms with van der Waals surface area (Å²) in [7, 11) is 0. The summed E-state index contributed by atoms with van der Waals surface area (Å²) in [5.41, 5.74) is 0.496. The molecule has 1 atom stereocenters. The van der Waals surface area contributed by atoms with Gasteiger partial charge in [0.05, 0.1) is 6.54 Å². The van der Waals surface area contributed by atoms with Gasteiger partial charge >= 0.3 is 0 Å². The molecule has 18 heavy (non-hydrogen) atoms. The first-order chi connectivity index (χ1) is 8.56. The molecule has 2 rings (SSSR count). The number of halogens is 1. The fraction of sp³-hybridized carbons (Fsp3) is 0.333. The molecule has 1 unspecified atom stereocenters. The minimum atomic E-state index is -0.383. The quantitative estimate of drug-likeness (QED) is 0.870. The van der Waals surface area contributed by atoms with Gasteiger partial charge in [-0.05, 0) is 25.1 Å². The van der Waals surface area contributed by atoms with Gasteiger partial charge in [-0.2, -0.15) is 4.98 Å². The number of nitrogens with zero attached hydrogens (tertiary/aromatic N) is 2. The van der Waals surface area contributed by atoms with Gasteiger partial charge in [0, 0.05) is 18.5 Å². The summed E-state index contributed by atoms with van der Waals surface area (Å²) in [5, 5.41) is 16.5. The summed E-state index contributed by atoms with van der Waals surface area (Å²) in [6.07, 6.45) is 0. The molecule has 1 aromatic heterocycles. The summed E-state index contributed by atoms with van der Waals surface area (Å²) in [5.74, 6) is 0.691. The molecular weight excluding hydrogens is 237 g/mol. The van der Waals surface area contributed by atoms with Gasteiger partial charge in [0.2, 0.25) is 5.89 Å². The molecule has 0 fully saturated rings. The zero-order valence-electron chi connectivity index (χ0n) is 10.1. The molecule has 0 aliphatic rings.